The molecule has 6 nitrogen and oxygen atoms in total. The van der Waals surface area contributed by atoms with Gasteiger partial charge in [0.1, 0.15) is 11.6 Å². The summed E-state index contributed by atoms with van der Waals surface area (Å²) in [6.07, 6.45) is 1.67. The summed E-state index contributed by atoms with van der Waals surface area (Å²) in [5, 5.41) is 0. The largest absolute Gasteiger partial charge is 0.364 e. The number of hydrogen-bond donors (Lipinski definition) is 2. The van der Waals surface area contributed by atoms with Crippen LogP contribution in [0.15, 0.2) is 29.2 Å². The Balaban J connectivity index is 2.15. The second-order valence-electron chi connectivity index (χ2n) is 4.91. The van der Waals surface area contributed by atoms with E-state index in [2.05, 4.69) is 19.9 Å². The smallest absolute Gasteiger partial charge is 0.192 e. The molecule has 3 aromatic rings. The summed E-state index contributed by atoms with van der Waals surface area (Å²) in [4.78, 5) is 28.9. The van der Waals surface area contributed by atoms with E-state index in [0.29, 0.717) is 17.0 Å². The van der Waals surface area contributed by atoms with Gasteiger partial charge in [0.2, 0.25) is 0 Å². The number of rotatable bonds is 2. The average Bonchev–Trinajstić information content (AvgIpc) is 2.80. The lowest BCUT2D eigenvalue weighted by Gasteiger charge is -2.09. The minimum atomic E-state index is -0.0619. The Morgan fingerprint density at radius 1 is 1.20 bits per heavy atom. The third-order valence-corrected chi connectivity index (χ3v) is 3.10. The molecule has 0 bridgehead atoms. The first-order valence-electron chi connectivity index (χ1n) is 6.28. The molecule has 3 aromatic heterocycles. The van der Waals surface area contributed by atoms with E-state index in [-0.39, 0.29) is 5.43 Å². The third kappa shape index (κ3) is 2.05. The van der Waals surface area contributed by atoms with Crippen molar-refractivity contribution in [1.82, 2.24) is 19.9 Å². The SMILES string of the molecule is Cc1cc(=O)c(-c2nc3nc(N(C)C)ccc3[nH]2)c[nH]1. The van der Waals surface area contributed by atoms with E-state index in [1.54, 1.807) is 12.3 Å². The highest BCUT2D eigenvalue weighted by molar-refractivity contribution is 5.77. The van der Waals surface area contributed by atoms with Crippen LogP contribution in [-0.2, 0) is 0 Å². The van der Waals surface area contributed by atoms with Gasteiger partial charge in [-0.15, -0.1) is 0 Å². The average molecular weight is 269 g/mol. The maximum atomic E-state index is 12.0. The Kier molecular flexibility index (Phi) is 2.78. The molecule has 0 aliphatic heterocycles. The number of H-pyrrole nitrogens is 2. The molecule has 0 amide bonds. The zero-order valence-electron chi connectivity index (χ0n) is 11.6. The molecule has 2 N–H and O–H groups in total. The van der Waals surface area contributed by atoms with Crippen molar-refractivity contribution in [3.05, 3.63) is 40.3 Å². The minimum absolute atomic E-state index is 0.0619. The number of nitrogens with one attached hydrogen (secondary N) is 2. The van der Waals surface area contributed by atoms with E-state index in [0.717, 1.165) is 17.0 Å². The van der Waals surface area contributed by atoms with Crippen LogP contribution < -0.4 is 10.3 Å². The standard InChI is InChI=1S/C14H15N5O/c1-8-6-11(20)9(7-15-8)13-16-10-4-5-12(19(2)3)17-14(10)18-13/h4-7H,1-3H3,(H,15,20)(H,16,17,18). The first-order valence-corrected chi connectivity index (χ1v) is 6.28. The van der Waals surface area contributed by atoms with Crippen molar-refractivity contribution in [3.63, 3.8) is 0 Å². The highest BCUT2D eigenvalue weighted by Crippen LogP contribution is 2.18. The van der Waals surface area contributed by atoms with Gasteiger partial charge in [-0.3, -0.25) is 4.79 Å². The lowest BCUT2D eigenvalue weighted by molar-refractivity contribution is 1.08. The maximum Gasteiger partial charge on any atom is 0.192 e. The first-order chi connectivity index (χ1) is 9.54. The summed E-state index contributed by atoms with van der Waals surface area (Å²) < 4.78 is 0. The van der Waals surface area contributed by atoms with E-state index in [9.17, 15) is 4.79 Å². The third-order valence-electron chi connectivity index (χ3n) is 3.10. The van der Waals surface area contributed by atoms with E-state index < -0.39 is 0 Å². The fourth-order valence-electron chi connectivity index (χ4n) is 2.02. The number of anilines is 1. The van der Waals surface area contributed by atoms with Gasteiger partial charge in [-0.05, 0) is 19.1 Å². The molecule has 102 valence electrons. The Morgan fingerprint density at radius 2 is 2.00 bits per heavy atom. The Labute approximate surface area is 115 Å². The summed E-state index contributed by atoms with van der Waals surface area (Å²) in [5.74, 6) is 1.36. The van der Waals surface area contributed by atoms with E-state index in [1.165, 1.54) is 0 Å². The van der Waals surface area contributed by atoms with Crippen molar-refractivity contribution in [2.45, 2.75) is 6.92 Å². The summed E-state index contributed by atoms with van der Waals surface area (Å²) in [5.41, 5.74) is 2.69. The van der Waals surface area contributed by atoms with Crippen LogP contribution in [0.4, 0.5) is 5.82 Å². The first kappa shape index (κ1) is 12.4. The quantitative estimate of drug-likeness (QED) is 0.742. The molecule has 6 heteroatoms. The molecule has 0 spiro atoms. The Bertz CT molecular complexity index is 831. The summed E-state index contributed by atoms with van der Waals surface area (Å²) in [6, 6.07) is 5.38. The summed E-state index contributed by atoms with van der Waals surface area (Å²) in [7, 11) is 3.85. The molecule has 0 aliphatic rings. The highest BCUT2D eigenvalue weighted by atomic mass is 16.1. The fourth-order valence-corrected chi connectivity index (χ4v) is 2.02. The number of nitrogens with zero attached hydrogens (tertiary/aromatic N) is 3. The monoisotopic (exact) mass is 269 g/mol. The van der Waals surface area contributed by atoms with E-state index in [1.807, 2.05) is 38.1 Å². The van der Waals surface area contributed by atoms with Gasteiger partial charge >= 0.3 is 0 Å². The lowest BCUT2D eigenvalue weighted by atomic mass is 10.2. The molecule has 20 heavy (non-hydrogen) atoms. The summed E-state index contributed by atoms with van der Waals surface area (Å²) in [6.45, 7) is 1.84. The lowest BCUT2D eigenvalue weighted by Crippen LogP contribution is -2.10. The van der Waals surface area contributed by atoms with Gasteiger partial charge < -0.3 is 14.9 Å². The van der Waals surface area contributed by atoms with Gasteiger partial charge in [0.25, 0.3) is 0 Å². The molecule has 0 fully saturated rings. The number of aryl methyl sites for hydroxylation is 1. The maximum absolute atomic E-state index is 12.0. The van der Waals surface area contributed by atoms with Crippen molar-refractivity contribution in [2.24, 2.45) is 0 Å². The van der Waals surface area contributed by atoms with Gasteiger partial charge in [-0.1, -0.05) is 0 Å². The van der Waals surface area contributed by atoms with Crippen LogP contribution in [0.3, 0.4) is 0 Å². The number of fused-ring (bicyclic) bond motifs is 1. The second kappa shape index (κ2) is 4.48. The second-order valence-corrected chi connectivity index (χ2v) is 4.91. The van der Waals surface area contributed by atoms with Crippen LogP contribution in [0.2, 0.25) is 0 Å². The van der Waals surface area contributed by atoms with Crippen LogP contribution in [0.25, 0.3) is 22.6 Å². The van der Waals surface area contributed by atoms with Gasteiger partial charge in [-0.25, -0.2) is 9.97 Å². The van der Waals surface area contributed by atoms with Crippen LogP contribution in [0, 0.1) is 6.92 Å². The van der Waals surface area contributed by atoms with Crippen molar-refractivity contribution in [1.29, 1.82) is 0 Å². The molecule has 0 unspecified atom stereocenters. The van der Waals surface area contributed by atoms with E-state index in [4.69, 9.17) is 0 Å². The molecule has 0 saturated carbocycles. The molecule has 0 atom stereocenters. The minimum Gasteiger partial charge on any atom is -0.364 e. The molecule has 0 aliphatic carbocycles. The highest BCUT2D eigenvalue weighted by Gasteiger charge is 2.10. The molecule has 0 saturated heterocycles. The summed E-state index contributed by atoms with van der Waals surface area (Å²) >= 11 is 0. The Morgan fingerprint density at radius 3 is 2.70 bits per heavy atom. The zero-order chi connectivity index (χ0) is 14.3. The molecule has 0 aromatic carbocycles. The molecule has 0 radical (unpaired) electrons. The van der Waals surface area contributed by atoms with Crippen molar-refractivity contribution in [3.8, 4) is 11.4 Å². The van der Waals surface area contributed by atoms with Crippen molar-refractivity contribution in [2.75, 3.05) is 19.0 Å². The van der Waals surface area contributed by atoms with Gasteiger partial charge in [0, 0.05) is 32.1 Å². The number of aromatic amines is 2. The number of hydrogen-bond acceptors (Lipinski definition) is 4. The number of aromatic nitrogens is 4. The van der Waals surface area contributed by atoms with Gasteiger partial charge in [0.05, 0.1) is 11.1 Å². The number of imidazole rings is 1. The normalized spacial score (nSPS) is 10.9. The molecule has 3 rings (SSSR count). The molecular formula is C14H15N5O. The predicted octanol–water partition coefficient (Wildman–Crippen LogP) is 1.69. The van der Waals surface area contributed by atoms with Crippen molar-refractivity contribution >= 4 is 17.0 Å². The Hall–Kier alpha value is -2.63. The van der Waals surface area contributed by atoms with Crippen LogP contribution in [0.1, 0.15) is 5.69 Å². The van der Waals surface area contributed by atoms with Crippen LogP contribution in [-0.4, -0.2) is 34.0 Å². The molecule has 3 heterocycles. The zero-order valence-corrected chi connectivity index (χ0v) is 11.6. The van der Waals surface area contributed by atoms with Crippen LogP contribution in [0.5, 0.6) is 0 Å². The van der Waals surface area contributed by atoms with Gasteiger partial charge in [-0.2, -0.15) is 0 Å². The number of pyridine rings is 2. The topological polar surface area (TPSA) is 77.7 Å². The predicted molar refractivity (Wildman–Crippen MR) is 79.0 cm³/mol. The molecular weight excluding hydrogens is 254 g/mol. The van der Waals surface area contributed by atoms with Crippen LogP contribution >= 0.6 is 0 Å². The fraction of sp³-hybridized carbons (Fsp3) is 0.214. The van der Waals surface area contributed by atoms with Gasteiger partial charge in [0.15, 0.2) is 11.1 Å². The van der Waals surface area contributed by atoms with Crippen molar-refractivity contribution < 1.29 is 0 Å². The van der Waals surface area contributed by atoms with E-state index >= 15 is 0 Å².